The van der Waals surface area contributed by atoms with E-state index in [2.05, 4.69) is 32.9 Å². The molecule has 0 unspecified atom stereocenters. The normalized spacial score (nSPS) is 11.8. The zero-order valence-corrected chi connectivity index (χ0v) is 14.8. The van der Waals surface area contributed by atoms with Crippen molar-refractivity contribution in [3.8, 4) is 5.75 Å². The Kier molecular flexibility index (Phi) is 4.22. The average molecular weight is 323 g/mol. The van der Waals surface area contributed by atoms with Crippen molar-refractivity contribution in [1.82, 2.24) is 9.13 Å². The van der Waals surface area contributed by atoms with Crippen LogP contribution in [0.4, 0.5) is 0 Å². The van der Waals surface area contributed by atoms with Gasteiger partial charge in [-0.1, -0.05) is 45.0 Å². The molecule has 2 aromatic carbocycles. The third-order valence-electron chi connectivity index (χ3n) is 4.41. The largest absolute Gasteiger partial charge is 0.492 e. The quantitative estimate of drug-likeness (QED) is 0.779. The van der Waals surface area contributed by atoms with E-state index in [0.717, 1.165) is 16.8 Å². The second kappa shape index (κ2) is 6.19. The van der Waals surface area contributed by atoms with Gasteiger partial charge in [-0.25, -0.2) is 0 Å². The monoisotopic (exact) mass is 323 g/mol. The van der Waals surface area contributed by atoms with Crippen LogP contribution in [0.3, 0.4) is 0 Å². The minimum absolute atomic E-state index is 0.150. The van der Waals surface area contributed by atoms with Crippen molar-refractivity contribution >= 4 is 11.0 Å². The van der Waals surface area contributed by atoms with Crippen molar-refractivity contribution in [3.05, 3.63) is 59.7 Å². The Hall–Kier alpha value is -2.49. The van der Waals surface area contributed by atoms with E-state index in [-0.39, 0.29) is 5.41 Å². The van der Waals surface area contributed by atoms with E-state index in [1.165, 1.54) is 5.56 Å². The Labute approximate surface area is 142 Å². The summed E-state index contributed by atoms with van der Waals surface area (Å²) in [5, 5.41) is 8.27. The van der Waals surface area contributed by atoms with Gasteiger partial charge in [0.15, 0.2) is 0 Å². The lowest BCUT2D eigenvalue weighted by molar-refractivity contribution is 0.296. The molecule has 0 radical (unpaired) electrons. The highest BCUT2D eigenvalue weighted by Crippen LogP contribution is 2.24. The summed E-state index contributed by atoms with van der Waals surface area (Å²) in [5.41, 5.74) is 4.07. The highest BCUT2D eigenvalue weighted by molar-refractivity contribution is 5.75. The molecule has 0 bridgehead atoms. The standard InChI is InChI=1S/C20H25N3O/c1-20(2,3)15-9-11-16(12-10-15)24-14-13-23-18-8-6-5-7-17(18)22(4)19(23)21/h5-12,21H,13-14H2,1-4H3. The van der Waals surface area contributed by atoms with Crippen molar-refractivity contribution in [2.45, 2.75) is 32.7 Å². The lowest BCUT2D eigenvalue weighted by Gasteiger charge is -2.19. The number of para-hydroxylation sites is 2. The van der Waals surface area contributed by atoms with Gasteiger partial charge in [0.2, 0.25) is 5.62 Å². The van der Waals surface area contributed by atoms with Crippen LogP contribution in [0.15, 0.2) is 48.5 Å². The van der Waals surface area contributed by atoms with Gasteiger partial charge in [0, 0.05) is 7.05 Å². The molecule has 4 heteroatoms. The summed E-state index contributed by atoms with van der Waals surface area (Å²) in [6.07, 6.45) is 0. The van der Waals surface area contributed by atoms with Crippen molar-refractivity contribution in [3.63, 3.8) is 0 Å². The van der Waals surface area contributed by atoms with Crippen LogP contribution >= 0.6 is 0 Å². The molecular formula is C20H25N3O. The van der Waals surface area contributed by atoms with Gasteiger partial charge in [0.05, 0.1) is 17.6 Å². The lowest BCUT2D eigenvalue weighted by Crippen LogP contribution is -2.24. The molecule has 1 heterocycles. The molecule has 0 fully saturated rings. The minimum atomic E-state index is 0.150. The number of aromatic nitrogens is 2. The number of imidazole rings is 1. The first-order chi connectivity index (χ1) is 11.4. The molecule has 126 valence electrons. The zero-order chi connectivity index (χ0) is 17.3. The lowest BCUT2D eigenvalue weighted by atomic mass is 9.87. The van der Waals surface area contributed by atoms with Crippen LogP contribution in [0.25, 0.3) is 11.0 Å². The van der Waals surface area contributed by atoms with E-state index < -0.39 is 0 Å². The Morgan fingerprint density at radius 3 is 2.21 bits per heavy atom. The second-order valence-corrected chi connectivity index (χ2v) is 7.15. The Balaban J connectivity index is 1.71. The highest BCUT2D eigenvalue weighted by atomic mass is 16.5. The summed E-state index contributed by atoms with van der Waals surface area (Å²) < 4.78 is 9.76. The predicted molar refractivity (Wildman–Crippen MR) is 97.4 cm³/mol. The molecule has 24 heavy (non-hydrogen) atoms. The molecule has 0 aliphatic rings. The van der Waals surface area contributed by atoms with Gasteiger partial charge in [-0.2, -0.15) is 0 Å². The van der Waals surface area contributed by atoms with Crippen LogP contribution in [0.5, 0.6) is 5.75 Å². The summed E-state index contributed by atoms with van der Waals surface area (Å²) in [6, 6.07) is 16.4. The van der Waals surface area contributed by atoms with Gasteiger partial charge in [0.1, 0.15) is 12.4 Å². The van der Waals surface area contributed by atoms with Crippen LogP contribution in [-0.2, 0) is 19.0 Å². The third kappa shape index (κ3) is 3.09. The summed E-state index contributed by atoms with van der Waals surface area (Å²) in [7, 11) is 1.92. The smallest absolute Gasteiger partial charge is 0.202 e. The van der Waals surface area contributed by atoms with Gasteiger partial charge in [-0.3, -0.25) is 5.41 Å². The highest BCUT2D eigenvalue weighted by Gasteiger charge is 2.13. The maximum absolute atomic E-state index is 8.27. The maximum atomic E-state index is 8.27. The predicted octanol–water partition coefficient (Wildman–Crippen LogP) is 3.84. The van der Waals surface area contributed by atoms with Crippen molar-refractivity contribution in [1.29, 1.82) is 5.41 Å². The van der Waals surface area contributed by atoms with Crippen LogP contribution in [0.2, 0.25) is 0 Å². The molecule has 1 N–H and O–H groups in total. The van der Waals surface area contributed by atoms with Gasteiger partial charge in [-0.15, -0.1) is 0 Å². The number of rotatable bonds is 4. The number of benzene rings is 2. The zero-order valence-electron chi connectivity index (χ0n) is 14.8. The number of aryl methyl sites for hydroxylation is 1. The number of fused-ring (bicyclic) bond motifs is 1. The van der Waals surface area contributed by atoms with Crippen molar-refractivity contribution in [2.75, 3.05) is 6.61 Å². The van der Waals surface area contributed by atoms with Gasteiger partial charge in [0.25, 0.3) is 0 Å². The van der Waals surface area contributed by atoms with Crippen LogP contribution in [0.1, 0.15) is 26.3 Å². The first-order valence-corrected chi connectivity index (χ1v) is 8.30. The van der Waals surface area contributed by atoms with E-state index in [4.69, 9.17) is 10.1 Å². The number of nitrogens with one attached hydrogen (secondary N) is 1. The SMILES string of the molecule is Cn1c(=N)n(CCOc2ccc(C(C)(C)C)cc2)c2ccccc21. The first-order valence-electron chi connectivity index (χ1n) is 8.30. The molecule has 0 saturated carbocycles. The fourth-order valence-electron chi connectivity index (χ4n) is 2.92. The third-order valence-corrected chi connectivity index (χ3v) is 4.41. The number of hydrogen-bond donors (Lipinski definition) is 1. The minimum Gasteiger partial charge on any atom is -0.492 e. The molecule has 0 aliphatic carbocycles. The van der Waals surface area contributed by atoms with E-state index in [9.17, 15) is 0 Å². The van der Waals surface area contributed by atoms with Crippen LogP contribution in [0, 0.1) is 5.41 Å². The first kappa shape index (κ1) is 16.4. The van der Waals surface area contributed by atoms with E-state index >= 15 is 0 Å². The van der Waals surface area contributed by atoms with Crippen molar-refractivity contribution in [2.24, 2.45) is 7.05 Å². The molecule has 0 amide bonds. The number of nitrogens with zero attached hydrogens (tertiary/aromatic N) is 2. The Morgan fingerprint density at radius 2 is 1.58 bits per heavy atom. The van der Waals surface area contributed by atoms with E-state index in [0.29, 0.717) is 18.8 Å². The molecule has 3 aromatic rings. The Morgan fingerprint density at radius 1 is 0.958 bits per heavy atom. The molecule has 0 spiro atoms. The van der Waals surface area contributed by atoms with Gasteiger partial charge < -0.3 is 13.9 Å². The van der Waals surface area contributed by atoms with E-state index in [1.807, 2.05) is 52.6 Å². The number of hydrogen-bond acceptors (Lipinski definition) is 2. The average Bonchev–Trinajstić information content (AvgIpc) is 2.80. The fourth-order valence-corrected chi connectivity index (χ4v) is 2.92. The van der Waals surface area contributed by atoms with Gasteiger partial charge in [-0.05, 0) is 35.2 Å². The Bertz CT molecular complexity index is 895. The fraction of sp³-hybridized carbons (Fsp3) is 0.350. The number of ether oxygens (including phenoxy) is 1. The summed E-state index contributed by atoms with van der Waals surface area (Å²) >= 11 is 0. The molecule has 4 nitrogen and oxygen atoms in total. The van der Waals surface area contributed by atoms with Crippen molar-refractivity contribution < 1.29 is 4.74 Å². The topological polar surface area (TPSA) is 42.9 Å². The molecular weight excluding hydrogens is 298 g/mol. The van der Waals surface area contributed by atoms with Gasteiger partial charge >= 0.3 is 0 Å². The summed E-state index contributed by atoms with van der Waals surface area (Å²) in [4.78, 5) is 0. The second-order valence-electron chi connectivity index (χ2n) is 7.15. The molecule has 3 rings (SSSR count). The van der Waals surface area contributed by atoms with E-state index in [1.54, 1.807) is 0 Å². The van der Waals surface area contributed by atoms with Crippen LogP contribution in [-0.4, -0.2) is 15.7 Å². The summed E-state index contributed by atoms with van der Waals surface area (Å²) in [5.74, 6) is 0.871. The summed E-state index contributed by atoms with van der Waals surface area (Å²) in [6.45, 7) is 7.81. The van der Waals surface area contributed by atoms with Crippen LogP contribution < -0.4 is 10.4 Å². The molecule has 0 aliphatic heterocycles. The maximum Gasteiger partial charge on any atom is 0.202 e. The molecule has 0 atom stereocenters. The molecule has 0 saturated heterocycles. The molecule has 1 aromatic heterocycles.